The van der Waals surface area contributed by atoms with Crippen molar-refractivity contribution >= 4 is 17.7 Å². The maximum atomic E-state index is 10.8. The van der Waals surface area contributed by atoms with Gasteiger partial charge in [-0.15, -0.1) is 10.2 Å². The van der Waals surface area contributed by atoms with Crippen LogP contribution in [-0.2, 0) is 22.5 Å². The molecule has 1 aromatic carbocycles. The van der Waals surface area contributed by atoms with Gasteiger partial charge in [-0.1, -0.05) is 42.1 Å². The van der Waals surface area contributed by atoms with Gasteiger partial charge in [-0.05, 0) is 18.4 Å². The molecule has 7 heteroatoms. The molecule has 0 saturated carbocycles. The molecule has 0 amide bonds. The summed E-state index contributed by atoms with van der Waals surface area (Å²) >= 11 is 1.20. The Morgan fingerprint density at radius 3 is 2.87 bits per heavy atom. The Morgan fingerprint density at radius 2 is 2.17 bits per heavy atom. The number of aromatic nitrogens is 3. The molecule has 1 fully saturated rings. The van der Waals surface area contributed by atoms with Gasteiger partial charge in [0.2, 0.25) is 0 Å². The van der Waals surface area contributed by atoms with Crippen molar-refractivity contribution in [1.82, 2.24) is 14.8 Å². The lowest BCUT2D eigenvalue weighted by molar-refractivity contribution is -0.133. The minimum Gasteiger partial charge on any atom is -0.481 e. The number of hydrogen-bond acceptors (Lipinski definition) is 5. The van der Waals surface area contributed by atoms with E-state index in [2.05, 4.69) is 22.3 Å². The van der Waals surface area contributed by atoms with Gasteiger partial charge in [0.15, 0.2) is 5.16 Å². The third-order valence-corrected chi connectivity index (χ3v) is 4.68. The molecule has 1 aromatic heterocycles. The van der Waals surface area contributed by atoms with Crippen LogP contribution in [0.25, 0.3) is 0 Å². The van der Waals surface area contributed by atoms with Crippen molar-refractivity contribution in [2.24, 2.45) is 0 Å². The predicted molar refractivity (Wildman–Crippen MR) is 86.6 cm³/mol. The fourth-order valence-corrected chi connectivity index (χ4v) is 3.32. The van der Waals surface area contributed by atoms with Crippen molar-refractivity contribution < 1.29 is 14.6 Å². The van der Waals surface area contributed by atoms with E-state index in [9.17, 15) is 4.79 Å². The van der Waals surface area contributed by atoms with E-state index in [0.717, 1.165) is 30.8 Å². The minimum atomic E-state index is -0.855. The number of aliphatic carboxylic acids is 1. The summed E-state index contributed by atoms with van der Waals surface area (Å²) in [5, 5.41) is 18.0. The fraction of sp³-hybridized carbons (Fsp3) is 0.438. The van der Waals surface area contributed by atoms with Crippen molar-refractivity contribution in [3.63, 3.8) is 0 Å². The molecule has 0 bridgehead atoms. The second-order valence-electron chi connectivity index (χ2n) is 5.49. The molecule has 1 atom stereocenters. The van der Waals surface area contributed by atoms with E-state index in [1.54, 1.807) is 0 Å². The standard InChI is InChI=1S/C16H19N3O3S/c20-15(21)11-23-16-18-17-14(9-12-5-2-1-3-6-12)19(16)10-13-7-4-8-22-13/h1-3,5-6,13H,4,7-11H2,(H,20,21). The lowest BCUT2D eigenvalue weighted by Crippen LogP contribution is -2.18. The van der Waals surface area contributed by atoms with Gasteiger partial charge in [0.1, 0.15) is 5.82 Å². The first-order valence-corrected chi connectivity index (χ1v) is 8.63. The van der Waals surface area contributed by atoms with Crippen LogP contribution < -0.4 is 0 Å². The summed E-state index contributed by atoms with van der Waals surface area (Å²) in [5.74, 6) is -0.0273. The van der Waals surface area contributed by atoms with Gasteiger partial charge in [-0.3, -0.25) is 4.79 Å². The Hall–Kier alpha value is -1.86. The molecule has 1 aliphatic rings. The number of thioether (sulfide) groups is 1. The second kappa shape index (κ2) is 7.61. The zero-order valence-electron chi connectivity index (χ0n) is 12.7. The second-order valence-corrected chi connectivity index (χ2v) is 6.43. The topological polar surface area (TPSA) is 77.2 Å². The molecule has 1 unspecified atom stereocenters. The van der Waals surface area contributed by atoms with Crippen LogP contribution >= 0.6 is 11.8 Å². The van der Waals surface area contributed by atoms with Crippen molar-refractivity contribution in [1.29, 1.82) is 0 Å². The number of carboxylic acid groups (broad SMARTS) is 1. The van der Waals surface area contributed by atoms with Crippen LogP contribution in [0.3, 0.4) is 0 Å². The lowest BCUT2D eigenvalue weighted by Gasteiger charge is -2.14. The van der Waals surface area contributed by atoms with Gasteiger partial charge in [-0.2, -0.15) is 0 Å². The highest BCUT2D eigenvalue weighted by atomic mass is 32.2. The van der Waals surface area contributed by atoms with Crippen LogP contribution in [0.4, 0.5) is 0 Å². The Balaban J connectivity index is 1.80. The van der Waals surface area contributed by atoms with Gasteiger partial charge >= 0.3 is 5.97 Å². The summed E-state index contributed by atoms with van der Waals surface area (Å²) < 4.78 is 7.72. The summed E-state index contributed by atoms with van der Waals surface area (Å²) in [6.07, 6.45) is 2.92. The van der Waals surface area contributed by atoms with Gasteiger partial charge in [0.25, 0.3) is 0 Å². The number of carbonyl (C=O) groups is 1. The molecule has 1 aliphatic heterocycles. The molecule has 6 nitrogen and oxygen atoms in total. The van der Waals surface area contributed by atoms with Crippen molar-refractivity contribution in [3.8, 4) is 0 Å². The molecular weight excluding hydrogens is 314 g/mol. The molecule has 23 heavy (non-hydrogen) atoms. The quantitative estimate of drug-likeness (QED) is 0.783. The van der Waals surface area contributed by atoms with E-state index in [4.69, 9.17) is 9.84 Å². The minimum absolute atomic E-state index is 0.0189. The maximum Gasteiger partial charge on any atom is 0.313 e. The summed E-state index contributed by atoms with van der Waals surface area (Å²) in [6.45, 7) is 1.47. The molecule has 1 N–H and O–H groups in total. The first-order chi connectivity index (χ1) is 11.2. The van der Waals surface area contributed by atoms with Crippen LogP contribution in [0.1, 0.15) is 24.2 Å². The predicted octanol–water partition coefficient (Wildman–Crippen LogP) is 2.22. The van der Waals surface area contributed by atoms with Crippen molar-refractivity contribution in [3.05, 3.63) is 41.7 Å². The molecule has 0 spiro atoms. The van der Waals surface area contributed by atoms with Crippen LogP contribution in [0.15, 0.2) is 35.5 Å². The van der Waals surface area contributed by atoms with E-state index in [-0.39, 0.29) is 11.9 Å². The first kappa shape index (κ1) is 16.0. The Labute approximate surface area is 138 Å². The summed E-state index contributed by atoms with van der Waals surface area (Å²) in [5.41, 5.74) is 1.16. The number of carboxylic acids is 1. The highest BCUT2D eigenvalue weighted by Gasteiger charge is 2.21. The number of nitrogens with zero attached hydrogens (tertiary/aromatic N) is 3. The summed E-state index contributed by atoms with van der Waals surface area (Å²) in [7, 11) is 0. The van der Waals surface area contributed by atoms with E-state index >= 15 is 0 Å². The van der Waals surface area contributed by atoms with E-state index < -0.39 is 5.97 Å². The monoisotopic (exact) mass is 333 g/mol. The normalized spacial score (nSPS) is 17.5. The number of ether oxygens (including phenoxy) is 1. The zero-order valence-corrected chi connectivity index (χ0v) is 13.5. The number of benzene rings is 1. The molecule has 2 aromatic rings. The highest BCUT2D eigenvalue weighted by Crippen LogP contribution is 2.22. The van der Waals surface area contributed by atoms with E-state index in [1.807, 2.05) is 22.8 Å². The Kier molecular flexibility index (Phi) is 5.30. The van der Waals surface area contributed by atoms with Gasteiger partial charge < -0.3 is 14.4 Å². The SMILES string of the molecule is O=C(O)CSc1nnc(Cc2ccccc2)n1CC1CCCO1. The number of hydrogen-bond donors (Lipinski definition) is 1. The molecule has 3 rings (SSSR count). The average molecular weight is 333 g/mol. The van der Waals surface area contributed by atoms with E-state index in [1.165, 1.54) is 11.8 Å². The molecule has 122 valence electrons. The summed E-state index contributed by atoms with van der Waals surface area (Å²) in [4.78, 5) is 10.8. The maximum absolute atomic E-state index is 10.8. The van der Waals surface area contributed by atoms with E-state index in [0.29, 0.717) is 18.1 Å². The Morgan fingerprint density at radius 1 is 1.35 bits per heavy atom. The molecular formula is C16H19N3O3S. The van der Waals surface area contributed by atoms with Gasteiger partial charge in [-0.25, -0.2) is 0 Å². The van der Waals surface area contributed by atoms with Gasteiger partial charge in [0, 0.05) is 13.0 Å². The zero-order chi connectivity index (χ0) is 16.1. The van der Waals surface area contributed by atoms with Crippen LogP contribution in [0, 0.1) is 0 Å². The molecule has 2 heterocycles. The van der Waals surface area contributed by atoms with Crippen LogP contribution in [0.2, 0.25) is 0 Å². The smallest absolute Gasteiger partial charge is 0.313 e. The third-order valence-electron chi connectivity index (χ3n) is 3.73. The highest BCUT2D eigenvalue weighted by molar-refractivity contribution is 7.99. The molecule has 0 aliphatic carbocycles. The van der Waals surface area contributed by atoms with Crippen molar-refractivity contribution in [2.75, 3.05) is 12.4 Å². The largest absolute Gasteiger partial charge is 0.481 e. The number of rotatable bonds is 7. The molecule has 1 saturated heterocycles. The van der Waals surface area contributed by atoms with Crippen molar-refractivity contribution in [2.45, 2.75) is 37.1 Å². The average Bonchev–Trinajstić information content (AvgIpc) is 3.18. The Bertz CT molecular complexity index is 654. The lowest BCUT2D eigenvalue weighted by atomic mass is 10.1. The summed E-state index contributed by atoms with van der Waals surface area (Å²) in [6, 6.07) is 10.1. The van der Waals surface area contributed by atoms with Crippen LogP contribution in [-0.4, -0.2) is 44.3 Å². The molecule has 0 radical (unpaired) electrons. The van der Waals surface area contributed by atoms with Gasteiger partial charge in [0.05, 0.1) is 18.4 Å². The third kappa shape index (κ3) is 4.33. The first-order valence-electron chi connectivity index (χ1n) is 7.64. The van der Waals surface area contributed by atoms with Crippen LogP contribution in [0.5, 0.6) is 0 Å². The fourth-order valence-electron chi connectivity index (χ4n) is 2.64.